The van der Waals surface area contributed by atoms with E-state index in [-0.39, 0.29) is 11.9 Å². The molecule has 2 N–H and O–H groups in total. The average Bonchev–Trinajstić information content (AvgIpc) is 2.64. The highest BCUT2D eigenvalue weighted by Crippen LogP contribution is 2.09. The molecule has 1 atom stereocenters. The highest BCUT2D eigenvalue weighted by atomic mass is 16.1. The Kier molecular flexibility index (Phi) is 4.98. The van der Waals surface area contributed by atoms with Gasteiger partial charge >= 0.3 is 0 Å². The van der Waals surface area contributed by atoms with Crippen LogP contribution in [0.4, 0.5) is 0 Å². The van der Waals surface area contributed by atoms with Crippen LogP contribution in [0.1, 0.15) is 32.0 Å². The van der Waals surface area contributed by atoms with Crippen molar-refractivity contribution in [2.24, 2.45) is 7.05 Å². The van der Waals surface area contributed by atoms with Gasteiger partial charge in [-0.2, -0.15) is 5.10 Å². The first-order valence-electron chi connectivity index (χ1n) is 5.63. The van der Waals surface area contributed by atoms with Gasteiger partial charge in [0.05, 0.1) is 5.69 Å². The first kappa shape index (κ1) is 12.7. The Morgan fingerprint density at radius 1 is 1.62 bits per heavy atom. The fourth-order valence-electron chi connectivity index (χ4n) is 1.60. The van der Waals surface area contributed by atoms with Crippen molar-refractivity contribution in [1.82, 2.24) is 20.4 Å². The summed E-state index contributed by atoms with van der Waals surface area (Å²) in [6.45, 7) is 5.35. The lowest BCUT2D eigenvalue weighted by Crippen LogP contribution is -2.29. The summed E-state index contributed by atoms with van der Waals surface area (Å²) < 4.78 is 1.84. The van der Waals surface area contributed by atoms with Gasteiger partial charge in [0, 0.05) is 38.8 Å². The van der Waals surface area contributed by atoms with Crippen molar-refractivity contribution in [3.63, 3.8) is 0 Å². The van der Waals surface area contributed by atoms with Gasteiger partial charge in [-0.3, -0.25) is 9.48 Å². The summed E-state index contributed by atoms with van der Waals surface area (Å²) in [5, 5.41) is 10.2. The summed E-state index contributed by atoms with van der Waals surface area (Å²) in [4.78, 5) is 11.2. The van der Waals surface area contributed by atoms with Crippen LogP contribution in [0.5, 0.6) is 0 Å². The van der Waals surface area contributed by atoms with Crippen molar-refractivity contribution in [2.75, 3.05) is 13.1 Å². The maximum atomic E-state index is 11.2. The van der Waals surface area contributed by atoms with Crippen LogP contribution in [0, 0.1) is 0 Å². The molecule has 0 aliphatic heterocycles. The molecule has 1 aromatic heterocycles. The summed E-state index contributed by atoms with van der Waals surface area (Å²) in [5.74, 6) is 0.0900. The normalized spacial score (nSPS) is 12.4. The number of carbonyl (C=O) groups excluding carboxylic acids is 1. The fourth-order valence-corrected chi connectivity index (χ4v) is 1.60. The second-order valence-electron chi connectivity index (χ2n) is 3.76. The number of aryl methyl sites for hydroxylation is 1. The zero-order valence-electron chi connectivity index (χ0n) is 10.2. The molecule has 1 aromatic rings. The van der Waals surface area contributed by atoms with Crippen LogP contribution in [0.2, 0.25) is 0 Å². The van der Waals surface area contributed by atoms with Gasteiger partial charge in [-0.15, -0.1) is 0 Å². The number of nitrogens with one attached hydrogen (secondary N) is 2. The van der Waals surface area contributed by atoms with Crippen molar-refractivity contribution in [2.45, 2.75) is 26.3 Å². The predicted octanol–water partition coefficient (Wildman–Crippen LogP) is 0.597. The minimum atomic E-state index is 0.0900. The van der Waals surface area contributed by atoms with Crippen LogP contribution in [0.25, 0.3) is 0 Å². The summed E-state index contributed by atoms with van der Waals surface area (Å²) in [6, 6.07) is 2.19. The molecule has 0 saturated carbocycles. The van der Waals surface area contributed by atoms with Crippen molar-refractivity contribution < 1.29 is 4.79 Å². The Morgan fingerprint density at radius 2 is 2.38 bits per heavy atom. The SMILES string of the molecule is CCNC(=O)CCNC(C)c1ccnn1C. The third kappa shape index (κ3) is 3.66. The maximum absolute atomic E-state index is 11.2. The number of amides is 1. The Hall–Kier alpha value is -1.36. The minimum absolute atomic E-state index is 0.0900. The molecule has 5 nitrogen and oxygen atoms in total. The number of rotatable bonds is 6. The van der Waals surface area contributed by atoms with Crippen LogP contribution >= 0.6 is 0 Å². The molecule has 0 aromatic carbocycles. The Morgan fingerprint density at radius 3 is 2.94 bits per heavy atom. The third-order valence-corrected chi connectivity index (χ3v) is 2.48. The average molecular weight is 224 g/mol. The molecule has 0 aliphatic rings. The van der Waals surface area contributed by atoms with Crippen molar-refractivity contribution in [3.05, 3.63) is 18.0 Å². The highest BCUT2D eigenvalue weighted by Gasteiger charge is 2.08. The number of aromatic nitrogens is 2. The molecule has 1 rings (SSSR count). The van der Waals surface area contributed by atoms with E-state index in [9.17, 15) is 4.79 Å². The molecule has 0 spiro atoms. The first-order chi connectivity index (χ1) is 7.65. The standard InChI is InChI=1S/C11H20N4O/c1-4-12-11(16)6-7-13-9(2)10-5-8-14-15(10)3/h5,8-9,13H,4,6-7H2,1-3H3,(H,12,16). The van der Waals surface area contributed by atoms with Gasteiger partial charge in [0.1, 0.15) is 0 Å². The third-order valence-electron chi connectivity index (χ3n) is 2.48. The number of hydrogen-bond acceptors (Lipinski definition) is 3. The summed E-state index contributed by atoms with van der Waals surface area (Å²) in [5.41, 5.74) is 1.12. The van der Waals surface area contributed by atoms with Crippen LogP contribution in [0.15, 0.2) is 12.3 Å². The van der Waals surface area contributed by atoms with E-state index in [1.54, 1.807) is 6.20 Å². The summed E-state index contributed by atoms with van der Waals surface area (Å²) >= 11 is 0. The topological polar surface area (TPSA) is 59.0 Å². The predicted molar refractivity (Wildman–Crippen MR) is 62.9 cm³/mol. The van der Waals surface area contributed by atoms with Gasteiger partial charge in [0.2, 0.25) is 5.91 Å². The van der Waals surface area contributed by atoms with E-state index in [4.69, 9.17) is 0 Å². The highest BCUT2D eigenvalue weighted by molar-refractivity contribution is 5.75. The second-order valence-corrected chi connectivity index (χ2v) is 3.76. The molecular formula is C11H20N4O. The molecule has 90 valence electrons. The molecule has 0 fully saturated rings. The van der Waals surface area contributed by atoms with Gasteiger partial charge in [-0.05, 0) is 19.9 Å². The first-order valence-corrected chi connectivity index (χ1v) is 5.63. The molecule has 16 heavy (non-hydrogen) atoms. The smallest absolute Gasteiger partial charge is 0.221 e. The van der Waals surface area contributed by atoms with Crippen LogP contribution in [-0.4, -0.2) is 28.8 Å². The largest absolute Gasteiger partial charge is 0.356 e. The fraction of sp³-hybridized carbons (Fsp3) is 0.636. The Labute approximate surface area is 96.2 Å². The van der Waals surface area contributed by atoms with E-state index in [1.165, 1.54) is 0 Å². The molecule has 0 radical (unpaired) electrons. The van der Waals surface area contributed by atoms with Crippen LogP contribution in [-0.2, 0) is 11.8 Å². The zero-order chi connectivity index (χ0) is 12.0. The van der Waals surface area contributed by atoms with Gasteiger partial charge in [0.25, 0.3) is 0 Å². The number of hydrogen-bond donors (Lipinski definition) is 2. The molecule has 0 aliphatic carbocycles. The van der Waals surface area contributed by atoms with Gasteiger partial charge in [-0.25, -0.2) is 0 Å². The van der Waals surface area contributed by atoms with E-state index in [1.807, 2.05) is 24.7 Å². The van der Waals surface area contributed by atoms with Gasteiger partial charge in [0.15, 0.2) is 0 Å². The van der Waals surface area contributed by atoms with E-state index < -0.39 is 0 Å². The van der Waals surface area contributed by atoms with Gasteiger partial charge in [-0.1, -0.05) is 0 Å². The molecule has 1 heterocycles. The molecule has 0 bridgehead atoms. The summed E-state index contributed by atoms with van der Waals surface area (Å²) in [7, 11) is 1.91. The van der Waals surface area contributed by atoms with E-state index >= 15 is 0 Å². The van der Waals surface area contributed by atoms with Crippen molar-refractivity contribution in [3.8, 4) is 0 Å². The number of carbonyl (C=O) groups is 1. The Balaban J connectivity index is 2.28. The van der Waals surface area contributed by atoms with E-state index in [0.29, 0.717) is 19.5 Å². The second kappa shape index (κ2) is 6.27. The van der Waals surface area contributed by atoms with Crippen LogP contribution in [0.3, 0.4) is 0 Å². The maximum Gasteiger partial charge on any atom is 0.221 e. The quantitative estimate of drug-likeness (QED) is 0.744. The van der Waals surface area contributed by atoms with Crippen molar-refractivity contribution in [1.29, 1.82) is 0 Å². The molecule has 1 unspecified atom stereocenters. The molecule has 5 heteroatoms. The molecule has 0 saturated heterocycles. The lowest BCUT2D eigenvalue weighted by atomic mass is 10.2. The molecule has 1 amide bonds. The van der Waals surface area contributed by atoms with Gasteiger partial charge < -0.3 is 10.6 Å². The lowest BCUT2D eigenvalue weighted by molar-refractivity contribution is -0.120. The Bertz CT molecular complexity index is 334. The van der Waals surface area contributed by atoms with E-state index in [0.717, 1.165) is 5.69 Å². The number of nitrogens with zero attached hydrogens (tertiary/aromatic N) is 2. The van der Waals surface area contributed by atoms with Crippen molar-refractivity contribution >= 4 is 5.91 Å². The monoisotopic (exact) mass is 224 g/mol. The minimum Gasteiger partial charge on any atom is -0.356 e. The van der Waals surface area contributed by atoms with E-state index in [2.05, 4.69) is 22.7 Å². The molecular weight excluding hydrogens is 204 g/mol. The zero-order valence-corrected chi connectivity index (χ0v) is 10.2. The summed E-state index contributed by atoms with van der Waals surface area (Å²) in [6.07, 6.45) is 2.29. The lowest BCUT2D eigenvalue weighted by Gasteiger charge is -2.13. The van der Waals surface area contributed by atoms with Crippen LogP contribution < -0.4 is 10.6 Å².